The standard InChI is InChI=1S/C11H17NS2/c1-10(2)12(14(3)13)9-11-7-5-4-6-8-11/h4-8,10H,9H2,1-3H3. The molecule has 0 amide bonds. The molecule has 1 atom stereocenters. The molecule has 0 radical (unpaired) electrons. The van der Waals surface area contributed by atoms with Gasteiger partial charge in [0, 0.05) is 18.8 Å². The summed E-state index contributed by atoms with van der Waals surface area (Å²) in [7, 11) is -0.0673. The molecule has 1 aromatic rings. The summed E-state index contributed by atoms with van der Waals surface area (Å²) in [4.78, 5) is 0. The predicted molar refractivity (Wildman–Crippen MR) is 67.8 cm³/mol. The molecule has 0 fully saturated rings. The maximum Gasteiger partial charge on any atom is 0.0346 e. The van der Waals surface area contributed by atoms with Gasteiger partial charge in [-0.2, -0.15) is 0 Å². The van der Waals surface area contributed by atoms with E-state index < -0.39 is 0 Å². The fraction of sp³-hybridized carbons (Fsp3) is 0.455. The molecule has 0 saturated heterocycles. The summed E-state index contributed by atoms with van der Waals surface area (Å²) in [5.41, 5.74) is 1.34. The van der Waals surface area contributed by atoms with Gasteiger partial charge >= 0.3 is 0 Å². The third-order valence-electron chi connectivity index (χ3n) is 2.09. The predicted octanol–water partition coefficient (Wildman–Crippen LogP) is 2.52. The fourth-order valence-electron chi connectivity index (χ4n) is 1.33. The lowest BCUT2D eigenvalue weighted by atomic mass is 10.2. The van der Waals surface area contributed by atoms with Crippen molar-refractivity contribution >= 4 is 20.8 Å². The first-order chi connectivity index (χ1) is 6.61. The van der Waals surface area contributed by atoms with Crippen LogP contribution in [0.3, 0.4) is 0 Å². The van der Waals surface area contributed by atoms with Gasteiger partial charge in [0.1, 0.15) is 0 Å². The van der Waals surface area contributed by atoms with E-state index in [9.17, 15) is 0 Å². The summed E-state index contributed by atoms with van der Waals surface area (Å²) in [6.07, 6.45) is 2.10. The maximum atomic E-state index is 5.33. The zero-order chi connectivity index (χ0) is 10.6. The van der Waals surface area contributed by atoms with Crippen LogP contribution in [0.25, 0.3) is 0 Å². The SMILES string of the molecule is CC(C)N(Cc1ccccc1)S(C)=S. The van der Waals surface area contributed by atoms with Crippen molar-refractivity contribution in [3.63, 3.8) is 0 Å². The van der Waals surface area contributed by atoms with E-state index in [2.05, 4.69) is 48.7 Å². The molecule has 0 spiro atoms. The van der Waals surface area contributed by atoms with Crippen molar-refractivity contribution < 1.29 is 0 Å². The second-order valence-corrected chi connectivity index (χ2v) is 6.34. The van der Waals surface area contributed by atoms with Crippen molar-refractivity contribution in [1.82, 2.24) is 4.31 Å². The quantitative estimate of drug-likeness (QED) is 0.777. The first kappa shape index (κ1) is 11.8. The molecule has 1 nitrogen and oxygen atoms in total. The molecule has 14 heavy (non-hydrogen) atoms. The molecule has 0 aliphatic rings. The van der Waals surface area contributed by atoms with Crippen LogP contribution in [0.2, 0.25) is 0 Å². The number of benzene rings is 1. The van der Waals surface area contributed by atoms with Gasteiger partial charge in [-0.1, -0.05) is 40.0 Å². The average Bonchev–Trinajstić information content (AvgIpc) is 2.15. The Hall–Kier alpha value is -0.250. The Bertz CT molecular complexity index is 295. The van der Waals surface area contributed by atoms with E-state index in [4.69, 9.17) is 11.2 Å². The van der Waals surface area contributed by atoms with Gasteiger partial charge < -0.3 is 0 Å². The van der Waals surface area contributed by atoms with Crippen LogP contribution < -0.4 is 0 Å². The summed E-state index contributed by atoms with van der Waals surface area (Å²) in [6, 6.07) is 11.0. The Morgan fingerprint density at radius 3 is 2.29 bits per heavy atom. The molecule has 0 aliphatic carbocycles. The van der Waals surface area contributed by atoms with Crippen molar-refractivity contribution in [3.8, 4) is 0 Å². The minimum absolute atomic E-state index is 0.0673. The number of hydrogen-bond donors (Lipinski definition) is 0. The Kier molecular flexibility index (Phi) is 4.72. The number of nitrogens with zero attached hydrogens (tertiary/aromatic N) is 1. The maximum absolute atomic E-state index is 5.33. The van der Waals surface area contributed by atoms with Crippen LogP contribution in [0.4, 0.5) is 0 Å². The van der Waals surface area contributed by atoms with Gasteiger partial charge in [-0.15, -0.1) is 0 Å². The molecule has 1 aromatic carbocycles. The third-order valence-corrected chi connectivity index (χ3v) is 3.87. The number of rotatable bonds is 4. The molecule has 0 aliphatic heterocycles. The normalized spacial score (nSPS) is 13.5. The van der Waals surface area contributed by atoms with E-state index in [1.807, 2.05) is 6.07 Å². The van der Waals surface area contributed by atoms with Crippen LogP contribution in [0.15, 0.2) is 30.3 Å². The van der Waals surface area contributed by atoms with E-state index in [1.54, 1.807) is 0 Å². The highest BCUT2D eigenvalue weighted by Crippen LogP contribution is 2.09. The summed E-state index contributed by atoms with van der Waals surface area (Å²) in [5.74, 6) is 0. The van der Waals surface area contributed by atoms with E-state index in [-0.39, 0.29) is 9.64 Å². The molecule has 78 valence electrons. The van der Waals surface area contributed by atoms with Gasteiger partial charge in [0.25, 0.3) is 0 Å². The molecule has 0 heterocycles. The third kappa shape index (κ3) is 3.48. The minimum Gasteiger partial charge on any atom is -0.241 e. The molecule has 0 saturated carbocycles. The lowest BCUT2D eigenvalue weighted by molar-refractivity contribution is 0.389. The summed E-state index contributed by atoms with van der Waals surface area (Å²) in [6.45, 7) is 5.35. The van der Waals surface area contributed by atoms with Gasteiger partial charge in [0.05, 0.1) is 0 Å². The monoisotopic (exact) mass is 227 g/mol. The molecule has 3 heteroatoms. The Morgan fingerprint density at radius 2 is 1.86 bits per heavy atom. The summed E-state index contributed by atoms with van der Waals surface area (Å²) >= 11 is 5.33. The highest BCUT2D eigenvalue weighted by molar-refractivity contribution is 8.27. The van der Waals surface area contributed by atoms with E-state index in [0.29, 0.717) is 6.04 Å². The van der Waals surface area contributed by atoms with Crippen LogP contribution in [-0.2, 0) is 27.4 Å². The second kappa shape index (κ2) is 5.59. The van der Waals surface area contributed by atoms with Gasteiger partial charge in [0.2, 0.25) is 0 Å². The smallest absolute Gasteiger partial charge is 0.0346 e. The van der Waals surface area contributed by atoms with Crippen molar-refractivity contribution in [2.75, 3.05) is 6.26 Å². The zero-order valence-corrected chi connectivity index (χ0v) is 10.6. The van der Waals surface area contributed by atoms with Gasteiger partial charge in [0.15, 0.2) is 0 Å². The largest absolute Gasteiger partial charge is 0.241 e. The van der Waals surface area contributed by atoms with Crippen molar-refractivity contribution in [1.29, 1.82) is 0 Å². The van der Waals surface area contributed by atoms with E-state index in [0.717, 1.165) is 6.54 Å². The fourth-order valence-corrected chi connectivity index (χ4v) is 2.93. The van der Waals surface area contributed by atoms with E-state index >= 15 is 0 Å². The molecule has 0 bridgehead atoms. The first-order valence-corrected chi connectivity index (χ1v) is 7.27. The molecular formula is C11H17NS2. The van der Waals surface area contributed by atoms with Crippen molar-refractivity contribution in [3.05, 3.63) is 35.9 Å². The summed E-state index contributed by atoms with van der Waals surface area (Å²) < 4.78 is 2.34. The zero-order valence-electron chi connectivity index (χ0n) is 8.93. The van der Waals surface area contributed by atoms with E-state index in [1.165, 1.54) is 5.56 Å². The highest BCUT2D eigenvalue weighted by atomic mass is 32.8. The Labute approximate surface area is 93.9 Å². The molecule has 0 aromatic heterocycles. The lowest BCUT2D eigenvalue weighted by Gasteiger charge is -2.25. The van der Waals surface area contributed by atoms with Crippen LogP contribution in [-0.4, -0.2) is 16.6 Å². The molecule has 0 N–H and O–H groups in total. The van der Waals surface area contributed by atoms with Gasteiger partial charge in [-0.05, 0) is 30.6 Å². The second-order valence-electron chi connectivity index (χ2n) is 3.58. The van der Waals surface area contributed by atoms with Crippen LogP contribution in [0.1, 0.15) is 19.4 Å². The topological polar surface area (TPSA) is 3.24 Å². The Balaban J connectivity index is 2.70. The number of hydrogen-bond acceptors (Lipinski definition) is 1. The molecule has 1 rings (SSSR count). The molecule has 1 unspecified atom stereocenters. The van der Waals surface area contributed by atoms with Crippen LogP contribution >= 0.6 is 0 Å². The average molecular weight is 227 g/mol. The first-order valence-electron chi connectivity index (χ1n) is 4.75. The van der Waals surface area contributed by atoms with Crippen LogP contribution in [0, 0.1) is 0 Å². The van der Waals surface area contributed by atoms with Crippen molar-refractivity contribution in [2.45, 2.75) is 26.4 Å². The van der Waals surface area contributed by atoms with Gasteiger partial charge in [-0.25, -0.2) is 4.31 Å². The Morgan fingerprint density at radius 1 is 1.29 bits per heavy atom. The molecular weight excluding hydrogens is 210 g/mol. The van der Waals surface area contributed by atoms with Crippen LogP contribution in [0.5, 0.6) is 0 Å². The lowest BCUT2D eigenvalue weighted by Crippen LogP contribution is -2.30. The minimum atomic E-state index is -0.0673. The van der Waals surface area contributed by atoms with Crippen molar-refractivity contribution in [2.24, 2.45) is 0 Å². The van der Waals surface area contributed by atoms with Gasteiger partial charge in [-0.3, -0.25) is 0 Å². The highest BCUT2D eigenvalue weighted by Gasteiger charge is 2.10. The summed E-state index contributed by atoms with van der Waals surface area (Å²) in [5, 5.41) is 0.